The van der Waals surface area contributed by atoms with Crippen molar-refractivity contribution in [1.29, 1.82) is 0 Å². The van der Waals surface area contributed by atoms with Crippen molar-refractivity contribution in [3.63, 3.8) is 0 Å². The monoisotopic (exact) mass is 890 g/mol. The van der Waals surface area contributed by atoms with Crippen LogP contribution in [0.25, 0.3) is 105 Å². The smallest absolute Gasteiger partial charge is 0.0546 e. The molecule has 13 rings (SSSR count). The van der Waals surface area contributed by atoms with Crippen molar-refractivity contribution < 1.29 is 0 Å². The second-order valence-electron chi connectivity index (χ2n) is 18.1. The Morgan fingerprint density at radius 2 is 0.657 bits per heavy atom. The van der Waals surface area contributed by atoms with Crippen molar-refractivity contribution in [3.05, 3.63) is 279 Å². The fourth-order valence-electron chi connectivity index (χ4n) is 10.5. The number of hydrogen-bond acceptors (Lipinski definition) is 1. The molecule has 328 valence electrons. The van der Waals surface area contributed by atoms with Gasteiger partial charge in [0.15, 0.2) is 0 Å². The molecule has 0 saturated heterocycles. The summed E-state index contributed by atoms with van der Waals surface area (Å²) in [6.45, 7) is 0. The summed E-state index contributed by atoms with van der Waals surface area (Å²) in [6.07, 6.45) is 0. The van der Waals surface area contributed by atoms with Gasteiger partial charge in [-0.2, -0.15) is 0 Å². The summed E-state index contributed by atoms with van der Waals surface area (Å²) in [5.74, 6) is 0. The third-order valence-corrected chi connectivity index (χ3v) is 14.0. The quantitative estimate of drug-likeness (QED) is 0.140. The largest absolute Gasteiger partial charge is 0.310 e. The van der Waals surface area contributed by atoms with E-state index in [9.17, 15) is 0 Å². The molecular formula is C68H46N2. The summed E-state index contributed by atoms with van der Waals surface area (Å²) >= 11 is 0. The van der Waals surface area contributed by atoms with Gasteiger partial charge in [-0.25, -0.2) is 0 Å². The molecule has 0 aliphatic carbocycles. The topological polar surface area (TPSA) is 8.17 Å². The zero-order valence-electron chi connectivity index (χ0n) is 38.5. The van der Waals surface area contributed by atoms with E-state index in [0.717, 1.165) is 45.0 Å². The number of nitrogens with zero attached hydrogens (tertiary/aromatic N) is 2. The normalized spacial score (nSPS) is 11.4. The van der Waals surface area contributed by atoms with Gasteiger partial charge in [0.1, 0.15) is 0 Å². The van der Waals surface area contributed by atoms with Gasteiger partial charge in [-0.15, -0.1) is 0 Å². The number of benzene rings is 12. The van der Waals surface area contributed by atoms with Crippen LogP contribution in [0.2, 0.25) is 0 Å². The van der Waals surface area contributed by atoms with E-state index in [1.165, 1.54) is 76.7 Å². The Morgan fingerprint density at radius 3 is 1.27 bits per heavy atom. The van der Waals surface area contributed by atoms with Crippen LogP contribution in [-0.4, -0.2) is 4.57 Å². The Hall–Kier alpha value is -9.24. The minimum absolute atomic E-state index is 1.07. The van der Waals surface area contributed by atoms with E-state index < -0.39 is 0 Å². The molecule has 1 aromatic heterocycles. The molecule has 12 aromatic carbocycles. The van der Waals surface area contributed by atoms with Crippen LogP contribution in [-0.2, 0) is 0 Å². The predicted octanol–water partition coefficient (Wildman–Crippen LogP) is 18.9. The highest BCUT2D eigenvalue weighted by atomic mass is 15.1. The lowest BCUT2D eigenvalue weighted by atomic mass is 9.94. The zero-order valence-corrected chi connectivity index (χ0v) is 38.5. The molecule has 0 aliphatic heterocycles. The highest BCUT2D eigenvalue weighted by molar-refractivity contribution is 6.10. The second-order valence-corrected chi connectivity index (χ2v) is 18.1. The van der Waals surface area contributed by atoms with Gasteiger partial charge < -0.3 is 9.47 Å². The molecular weight excluding hydrogens is 845 g/mol. The van der Waals surface area contributed by atoms with E-state index in [0.29, 0.717) is 0 Å². The fourth-order valence-corrected chi connectivity index (χ4v) is 10.5. The number of hydrogen-bond donors (Lipinski definition) is 0. The van der Waals surface area contributed by atoms with Crippen molar-refractivity contribution in [2.45, 2.75) is 0 Å². The molecule has 0 spiro atoms. The highest BCUT2D eigenvalue weighted by Gasteiger charge is 2.21. The first-order valence-corrected chi connectivity index (χ1v) is 24.1. The minimum Gasteiger partial charge on any atom is -0.310 e. The zero-order chi connectivity index (χ0) is 46.4. The van der Waals surface area contributed by atoms with E-state index in [4.69, 9.17) is 0 Å². The summed E-state index contributed by atoms with van der Waals surface area (Å²) in [6, 6.07) is 102. The van der Waals surface area contributed by atoms with Crippen molar-refractivity contribution in [3.8, 4) is 61.3 Å². The maximum atomic E-state index is 2.44. The molecule has 13 aromatic rings. The number of fused-ring (bicyclic) bond motifs is 5. The molecule has 0 aliphatic rings. The van der Waals surface area contributed by atoms with Crippen LogP contribution in [0.4, 0.5) is 17.1 Å². The lowest BCUT2D eigenvalue weighted by Crippen LogP contribution is -2.11. The van der Waals surface area contributed by atoms with Crippen molar-refractivity contribution in [2.75, 3.05) is 4.90 Å². The van der Waals surface area contributed by atoms with Crippen LogP contribution >= 0.6 is 0 Å². The molecule has 0 radical (unpaired) electrons. The Balaban J connectivity index is 0.975. The Labute approximate surface area is 408 Å². The lowest BCUT2D eigenvalue weighted by molar-refractivity contribution is 1.18. The van der Waals surface area contributed by atoms with Gasteiger partial charge in [-0.05, 0) is 127 Å². The fraction of sp³-hybridized carbons (Fsp3) is 0. The van der Waals surface area contributed by atoms with Crippen LogP contribution < -0.4 is 4.90 Å². The molecule has 0 bridgehead atoms. The van der Waals surface area contributed by atoms with Crippen molar-refractivity contribution >= 4 is 60.4 Å². The van der Waals surface area contributed by atoms with E-state index in [1.54, 1.807) is 0 Å². The van der Waals surface area contributed by atoms with Crippen molar-refractivity contribution in [2.24, 2.45) is 0 Å². The molecule has 0 atom stereocenters. The third-order valence-electron chi connectivity index (χ3n) is 14.0. The van der Waals surface area contributed by atoms with Crippen LogP contribution in [0, 0.1) is 0 Å². The van der Waals surface area contributed by atoms with Crippen LogP contribution in [0.1, 0.15) is 0 Å². The summed E-state index contributed by atoms with van der Waals surface area (Å²) < 4.78 is 2.42. The summed E-state index contributed by atoms with van der Waals surface area (Å²) in [5, 5.41) is 7.40. The minimum atomic E-state index is 1.07. The van der Waals surface area contributed by atoms with Crippen LogP contribution in [0.15, 0.2) is 279 Å². The van der Waals surface area contributed by atoms with Gasteiger partial charge in [-0.1, -0.05) is 218 Å². The number of anilines is 3. The molecule has 0 saturated carbocycles. The average Bonchev–Trinajstić information content (AvgIpc) is 3.78. The average molecular weight is 891 g/mol. The maximum Gasteiger partial charge on any atom is 0.0546 e. The third kappa shape index (κ3) is 7.40. The SMILES string of the molecule is c1ccc(-c2ccc(-c3ccc(N(c4ccc(-c5ccccc5-n5c6ccccc6c6ccccc65)cc4)c4cc(-c5ccc6ccccc6c5)ccc4-c4ccc5ccccc5c4)cc3)cc2)cc1. The first-order chi connectivity index (χ1) is 34.7. The highest BCUT2D eigenvalue weighted by Crippen LogP contribution is 2.45. The lowest BCUT2D eigenvalue weighted by Gasteiger charge is -2.29. The van der Waals surface area contributed by atoms with Crippen LogP contribution in [0.5, 0.6) is 0 Å². The number of rotatable bonds is 9. The molecule has 70 heavy (non-hydrogen) atoms. The van der Waals surface area contributed by atoms with Gasteiger partial charge in [0.25, 0.3) is 0 Å². The molecule has 0 amide bonds. The van der Waals surface area contributed by atoms with E-state index in [-0.39, 0.29) is 0 Å². The van der Waals surface area contributed by atoms with E-state index >= 15 is 0 Å². The Morgan fingerprint density at radius 1 is 0.243 bits per heavy atom. The molecule has 0 N–H and O–H groups in total. The molecule has 0 fully saturated rings. The molecule has 1 heterocycles. The molecule has 0 unspecified atom stereocenters. The predicted molar refractivity (Wildman–Crippen MR) is 298 cm³/mol. The molecule has 2 nitrogen and oxygen atoms in total. The Kier molecular flexibility index (Phi) is 10.2. The summed E-state index contributed by atoms with van der Waals surface area (Å²) in [7, 11) is 0. The number of para-hydroxylation sites is 3. The first kappa shape index (κ1) is 41.0. The Bertz CT molecular complexity index is 3980. The van der Waals surface area contributed by atoms with Gasteiger partial charge in [-0.3, -0.25) is 0 Å². The maximum absolute atomic E-state index is 2.44. The van der Waals surface area contributed by atoms with Gasteiger partial charge in [0.2, 0.25) is 0 Å². The van der Waals surface area contributed by atoms with E-state index in [1.807, 2.05) is 0 Å². The molecule has 2 heteroatoms. The van der Waals surface area contributed by atoms with Gasteiger partial charge in [0, 0.05) is 33.3 Å². The summed E-state index contributed by atoms with van der Waals surface area (Å²) in [4.78, 5) is 2.44. The standard InChI is InChI=1S/C68H46N2/c1-2-14-47(15-3-1)50-26-28-51(29-27-50)52-34-39-59(40-35-52)69(60-41-36-53(37-42-60)61-20-8-11-23-65(61)70-66-24-12-9-21-63(66)64-22-10-13-25-67(64)70)68-46-57(56-32-30-48-16-4-6-18-54(48)44-56)38-43-62(68)58-33-31-49-17-5-7-19-55(49)45-58/h1-46H. The van der Waals surface area contributed by atoms with Gasteiger partial charge in [0.05, 0.1) is 22.4 Å². The first-order valence-electron chi connectivity index (χ1n) is 24.1. The van der Waals surface area contributed by atoms with E-state index in [2.05, 4.69) is 289 Å². The summed E-state index contributed by atoms with van der Waals surface area (Å²) in [5.41, 5.74) is 18.5. The second kappa shape index (κ2) is 17.4. The number of aromatic nitrogens is 1. The van der Waals surface area contributed by atoms with Gasteiger partial charge >= 0.3 is 0 Å². The van der Waals surface area contributed by atoms with Crippen LogP contribution in [0.3, 0.4) is 0 Å². The van der Waals surface area contributed by atoms with Crippen molar-refractivity contribution in [1.82, 2.24) is 4.57 Å².